The zero-order valence-electron chi connectivity index (χ0n) is 8.76. The highest BCUT2D eigenvalue weighted by Gasteiger charge is 2.24. The van der Waals surface area contributed by atoms with E-state index in [4.69, 9.17) is 0 Å². The summed E-state index contributed by atoms with van der Waals surface area (Å²) in [6.45, 7) is 5.49. The summed E-state index contributed by atoms with van der Waals surface area (Å²) in [6.07, 6.45) is 1.86. The topological polar surface area (TPSA) is 46.9 Å². The highest BCUT2D eigenvalue weighted by molar-refractivity contribution is 9.10. The Labute approximate surface area is 91.8 Å². The largest absolute Gasteiger partial charge is 0.308 e. The normalized spacial score (nSPS) is 11.5. The van der Waals surface area contributed by atoms with Crippen molar-refractivity contribution >= 4 is 27.7 Å². The van der Waals surface area contributed by atoms with Crippen LogP contribution in [0.4, 0.5) is 5.82 Å². The van der Waals surface area contributed by atoms with Crippen LogP contribution in [0.5, 0.6) is 0 Å². The fourth-order valence-electron chi connectivity index (χ4n) is 0.987. The third kappa shape index (κ3) is 2.57. The first-order valence-electron chi connectivity index (χ1n) is 4.31. The molecule has 0 saturated heterocycles. The number of aromatic nitrogens is 2. The third-order valence-corrected chi connectivity index (χ3v) is 2.14. The number of carbonyl (C=O) groups is 1. The van der Waals surface area contributed by atoms with E-state index in [1.165, 1.54) is 0 Å². The first-order chi connectivity index (χ1) is 6.30. The number of anilines is 1. The monoisotopic (exact) mass is 259 g/mol. The maximum absolute atomic E-state index is 11.6. The molecule has 1 heterocycles. The highest BCUT2D eigenvalue weighted by Crippen LogP contribution is 2.19. The number of halogens is 1. The molecule has 5 heteroatoms. The van der Waals surface area contributed by atoms with Crippen LogP contribution in [0.15, 0.2) is 6.20 Å². The van der Waals surface area contributed by atoms with Crippen LogP contribution in [0.3, 0.4) is 0 Å². The molecule has 4 nitrogen and oxygen atoms in total. The van der Waals surface area contributed by atoms with Gasteiger partial charge in [-0.15, -0.1) is 0 Å². The van der Waals surface area contributed by atoms with E-state index in [9.17, 15) is 4.79 Å². The van der Waals surface area contributed by atoms with E-state index in [1.807, 2.05) is 20.2 Å². The summed E-state index contributed by atoms with van der Waals surface area (Å²) in [6, 6.07) is 0. The van der Waals surface area contributed by atoms with Gasteiger partial charge in [0, 0.05) is 18.8 Å². The summed E-state index contributed by atoms with van der Waals surface area (Å²) in [7, 11) is 1.82. The SMILES string of the molecule is Cc1cn(C)nc1NC(=O)C(C)(C)Br. The van der Waals surface area contributed by atoms with Crippen molar-refractivity contribution in [3.63, 3.8) is 0 Å². The van der Waals surface area contributed by atoms with E-state index in [2.05, 4.69) is 26.3 Å². The second kappa shape index (κ2) is 3.73. The van der Waals surface area contributed by atoms with Gasteiger partial charge in [-0.1, -0.05) is 15.9 Å². The second-order valence-corrected chi connectivity index (χ2v) is 5.74. The van der Waals surface area contributed by atoms with Crippen LogP contribution in [0.2, 0.25) is 0 Å². The number of aryl methyl sites for hydroxylation is 2. The standard InChI is InChI=1S/C9H14BrN3O/c1-6-5-13(4)12-7(6)11-8(14)9(2,3)10/h5H,1-4H3,(H,11,12,14). The quantitative estimate of drug-likeness (QED) is 0.825. The minimum absolute atomic E-state index is 0.0979. The summed E-state index contributed by atoms with van der Waals surface area (Å²) < 4.78 is 1.10. The lowest BCUT2D eigenvalue weighted by Crippen LogP contribution is -2.31. The zero-order valence-corrected chi connectivity index (χ0v) is 10.3. The van der Waals surface area contributed by atoms with Crippen molar-refractivity contribution in [3.8, 4) is 0 Å². The lowest BCUT2D eigenvalue weighted by molar-refractivity contribution is -0.117. The van der Waals surface area contributed by atoms with Gasteiger partial charge in [0.15, 0.2) is 5.82 Å². The molecule has 0 unspecified atom stereocenters. The Kier molecular flexibility index (Phi) is 2.99. The maximum Gasteiger partial charge on any atom is 0.241 e. The molecule has 0 aliphatic heterocycles. The Balaban J connectivity index is 2.80. The van der Waals surface area contributed by atoms with Gasteiger partial charge in [-0.2, -0.15) is 5.10 Å². The van der Waals surface area contributed by atoms with Gasteiger partial charge < -0.3 is 5.32 Å². The fourth-order valence-corrected chi connectivity index (χ4v) is 1.09. The van der Waals surface area contributed by atoms with Gasteiger partial charge in [0.2, 0.25) is 5.91 Å². The molecule has 0 aromatic carbocycles. The molecule has 1 aromatic heterocycles. The van der Waals surface area contributed by atoms with Crippen molar-refractivity contribution in [2.24, 2.45) is 7.05 Å². The molecular formula is C9H14BrN3O. The molecule has 0 aliphatic carbocycles. The molecule has 14 heavy (non-hydrogen) atoms. The molecule has 0 bridgehead atoms. The first kappa shape index (κ1) is 11.2. The van der Waals surface area contributed by atoms with E-state index in [0.717, 1.165) is 5.56 Å². The molecule has 78 valence electrons. The highest BCUT2D eigenvalue weighted by atomic mass is 79.9. The fraction of sp³-hybridized carbons (Fsp3) is 0.556. The van der Waals surface area contributed by atoms with Gasteiger partial charge in [-0.05, 0) is 20.8 Å². The lowest BCUT2D eigenvalue weighted by atomic mass is 10.2. The Morgan fingerprint density at radius 1 is 1.64 bits per heavy atom. The molecule has 0 fully saturated rings. The van der Waals surface area contributed by atoms with Crippen molar-refractivity contribution < 1.29 is 4.79 Å². The first-order valence-corrected chi connectivity index (χ1v) is 5.10. The number of alkyl halides is 1. The lowest BCUT2D eigenvalue weighted by Gasteiger charge is -2.14. The molecule has 0 aliphatic rings. The van der Waals surface area contributed by atoms with Crippen molar-refractivity contribution in [2.75, 3.05) is 5.32 Å². The minimum atomic E-state index is -0.572. The maximum atomic E-state index is 11.6. The summed E-state index contributed by atoms with van der Waals surface area (Å²) in [5, 5.41) is 6.88. The molecule has 0 spiro atoms. The van der Waals surface area contributed by atoms with Crippen molar-refractivity contribution in [3.05, 3.63) is 11.8 Å². The average Bonchev–Trinajstić information content (AvgIpc) is 2.28. The van der Waals surface area contributed by atoms with Gasteiger partial charge in [0.05, 0.1) is 4.32 Å². The molecule has 1 rings (SSSR count). The average molecular weight is 260 g/mol. The number of hydrogen-bond acceptors (Lipinski definition) is 2. The molecule has 0 radical (unpaired) electrons. The van der Waals surface area contributed by atoms with Gasteiger partial charge >= 0.3 is 0 Å². The summed E-state index contributed by atoms with van der Waals surface area (Å²) >= 11 is 3.29. The van der Waals surface area contributed by atoms with Crippen LogP contribution < -0.4 is 5.32 Å². The van der Waals surface area contributed by atoms with Crippen molar-refractivity contribution in [2.45, 2.75) is 25.1 Å². The van der Waals surface area contributed by atoms with Crippen molar-refractivity contribution in [1.29, 1.82) is 0 Å². The van der Waals surface area contributed by atoms with Crippen LogP contribution in [-0.2, 0) is 11.8 Å². The van der Waals surface area contributed by atoms with Crippen LogP contribution in [0, 0.1) is 6.92 Å². The number of hydrogen-bond donors (Lipinski definition) is 1. The molecule has 0 atom stereocenters. The van der Waals surface area contributed by atoms with Crippen LogP contribution in [0.1, 0.15) is 19.4 Å². The van der Waals surface area contributed by atoms with Crippen LogP contribution in [0.25, 0.3) is 0 Å². The Morgan fingerprint density at radius 3 is 2.57 bits per heavy atom. The summed E-state index contributed by atoms with van der Waals surface area (Å²) in [5.74, 6) is 0.518. The molecule has 1 amide bonds. The summed E-state index contributed by atoms with van der Waals surface area (Å²) in [5.41, 5.74) is 0.956. The Morgan fingerprint density at radius 2 is 2.21 bits per heavy atom. The van der Waals surface area contributed by atoms with E-state index in [1.54, 1.807) is 18.5 Å². The van der Waals surface area contributed by atoms with Crippen molar-refractivity contribution in [1.82, 2.24) is 9.78 Å². The number of carbonyl (C=O) groups excluding carboxylic acids is 1. The Hall–Kier alpha value is -0.840. The van der Waals surface area contributed by atoms with Gasteiger partial charge in [0.25, 0.3) is 0 Å². The predicted octanol–water partition coefficient (Wildman–Crippen LogP) is 1.84. The second-order valence-electron chi connectivity index (χ2n) is 3.76. The molecule has 1 aromatic rings. The number of rotatable bonds is 2. The van der Waals surface area contributed by atoms with Gasteiger partial charge in [-0.3, -0.25) is 9.48 Å². The van der Waals surface area contributed by atoms with E-state index >= 15 is 0 Å². The third-order valence-electron chi connectivity index (χ3n) is 1.78. The van der Waals surface area contributed by atoms with Gasteiger partial charge in [0.1, 0.15) is 0 Å². The smallest absolute Gasteiger partial charge is 0.241 e. The minimum Gasteiger partial charge on any atom is -0.308 e. The Bertz CT molecular complexity index is 351. The summed E-state index contributed by atoms with van der Waals surface area (Å²) in [4.78, 5) is 11.6. The molecule has 1 N–H and O–H groups in total. The van der Waals surface area contributed by atoms with E-state index in [-0.39, 0.29) is 5.91 Å². The zero-order chi connectivity index (χ0) is 10.9. The van der Waals surface area contributed by atoms with Crippen LogP contribution >= 0.6 is 15.9 Å². The molecule has 0 saturated carbocycles. The van der Waals surface area contributed by atoms with Gasteiger partial charge in [-0.25, -0.2) is 0 Å². The molecular weight excluding hydrogens is 246 g/mol. The van der Waals surface area contributed by atoms with E-state index in [0.29, 0.717) is 5.82 Å². The number of nitrogens with zero attached hydrogens (tertiary/aromatic N) is 2. The number of nitrogens with one attached hydrogen (secondary N) is 1. The van der Waals surface area contributed by atoms with E-state index < -0.39 is 4.32 Å². The van der Waals surface area contributed by atoms with Crippen LogP contribution in [-0.4, -0.2) is 20.0 Å². The predicted molar refractivity (Wildman–Crippen MR) is 59.6 cm³/mol. The number of amides is 1.